The molecule has 1 heterocycles. The number of halogens is 1. The van der Waals surface area contributed by atoms with E-state index in [1.165, 1.54) is 11.1 Å². The van der Waals surface area contributed by atoms with Crippen molar-refractivity contribution in [3.8, 4) is 0 Å². The molecule has 1 unspecified atom stereocenters. The van der Waals surface area contributed by atoms with Crippen LogP contribution < -0.4 is 5.32 Å². The van der Waals surface area contributed by atoms with E-state index in [4.69, 9.17) is 9.47 Å². The molecule has 0 saturated carbocycles. The quantitative estimate of drug-likeness (QED) is 0.385. The third-order valence-electron chi connectivity index (χ3n) is 4.22. The molecule has 142 valence electrons. The van der Waals surface area contributed by atoms with Gasteiger partial charge in [0.15, 0.2) is 5.96 Å². The van der Waals surface area contributed by atoms with Crippen molar-refractivity contribution in [1.82, 2.24) is 10.2 Å². The number of methoxy groups -OCH3 is 1. The number of guanidine groups is 1. The fourth-order valence-corrected chi connectivity index (χ4v) is 3.00. The van der Waals surface area contributed by atoms with Crippen molar-refractivity contribution in [2.24, 2.45) is 10.9 Å². The van der Waals surface area contributed by atoms with Gasteiger partial charge in [-0.15, -0.1) is 24.0 Å². The molecule has 6 heteroatoms. The minimum atomic E-state index is 0. The van der Waals surface area contributed by atoms with E-state index in [0.29, 0.717) is 12.5 Å². The molecule has 1 aliphatic heterocycles. The van der Waals surface area contributed by atoms with Gasteiger partial charge in [-0.2, -0.15) is 0 Å². The highest BCUT2D eigenvalue weighted by Crippen LogP contribution is 2.16. The second kappa shape index (κ2) is 11.7. The molecule has 0 bridgehead atoms. The second-order valence-electron chi connectivity index (χ2n) is 6.64. The zero-order chi connectivity index (χ0) is 17.4. The Labute approximate surface area is 169 Å². The van der Waals surface area contributed by atoms with Crippen molar-refractivity contribution >= 4 is 29.9 Å². The molecule has 1 fully saturated rings. The Morgan fingerprint density at radius 1 is 1.36 bits per heavy atom. The predicted molar refractivity (Wildman–Crippen MR) is 114 cm³/mol. The maximum atomic E-state index is 5.68. The van der Waals surface area contributed by atoms with Gasteiger partial charge in [0.05, 0.1) is 19.3 Å². The first kappa shape index (κ1) is 22.2. The highest BCUT2D eigenvalue weighted by Gasteiger charge is 2.24. The van der Waals surface area contributed by atoms with Gasteiger partial charge in [0, 0.05) is 39.7 Å². The van der Waals surface area contributed by atoms with Crippen LogP contribution in [0.3, 0.4) is 0 Å². The van der Waals surface area contributed by atoms with Gasteiger partial charge in [0.25, 0.3) is 0 Å². The van der Waals surface area contributed by atoms with Crippen LogP contribution in [0.1, 0.15) is 31.4 Å². The SMILES string of the molecule is CN=C(NCc1cccc(COC(C)C)c1)N1CCC(COC)C1.I. The van der Waals surface area contributed by atoms with Crippen molar-refractivity contribution in [1.29, 1.82) is 0 Å². The van der Waals surface area contributed by atoms with Crippen LogP contribution in [0.2, 0.25) is 0 Å². The lowest BCUT2D eigenvalue weighted by Crippen LogP contribution is -2.39. The fourth-order valence-electron chi connectivity index (χ4n) is 3.00. The molecule has 5 nitrogen and oxygen atoms in total. The van der Waals surface area contributed by atoms with Crippen LogP contribution >= 0.6 is 24.0 Å². The first-order valence-electron chi connectivity index (χ1n) is 8.76. The molecule has 1 aromatic rings. The predicted octanol–water partition coefficient (Wildman–Crippen LogP) is 3.27. The molecule has 25 heavy (non-hydrogen) atoms. The fraction of sp³-hybridized carbons (Fsp3) is 0.632. The van der Waals surface area contributed by atoms with E-state index in [0.717, 1.165) is 38.6 Å². The van der Waals surface area contributed by atoms with Gasteiger partial charge in [-0.05, 0) is 31.4 Å². The zero-order valence-electron chi connectivity index (χ0n) is 15.8. The normalized spacial score (nSPS) is 17.7. The minimum absolute atomic E-state index is 0. The van der Waals surface area contributed by atoms with Crippen LogP contribution in [0.5, 0.6) is 0 Å². The third-order valence-corrected chi connectivity index (χ3v) is 4.22. The third kappa shape index (κ3) is 7.50. The number of hydrogen-bond donors (Lipinski definition) is 1. The number of aliphatic imine (C=N–C) groups is 1. The van der Waals surface area contributed by atoms with Crippen LogP contribution in [0.15, 0.2) is 29.3 Å². The Morgan fingerprint density at radius 2 is 2.12 bits per heavy atom. The number of nitrogens with zero attached hydrogens (tertiary/aromatic N) is 2. The summed E-state index contributed by atoms with van der Waals surface area (Å²) in [4.78, 5) is 6.74. The van der Waals surface area contributed by atoms with Crippen molar-refractivity contribution in [2.45, 2.75) is 39.5 Å². The molecule has 0 aromatic heterocycles. The largest absolute Gasteiger partial charge is 0.384 e. The Kier molecular flexibility index (Phi) is 10.4. The number of rotatable bonds is 7. The second-order valence-corrected chi connectivity index (χ2v) is 6.64. The van der Waals surface area contributed by atoms with E-state index < -0.39 is 0 Å². The monoisotopic (exact) mass is 461 g/mol. The molecule has 1 aliphatic rings. The number of likely N-dealkylation sites (tertiary alicyclic amines) is 1. The van der Waals surface area contributed by atoms with Crippen LogP contribution in [-0.2, 0) is 22.6 Å². The number of nitrogens with one attached hydrogen (secondary N) is 1. The highest BCUT2D eigenvalue weighted by molar-refractivity contribution is 14.0. The summed E-state index contributed by atoms with van der Waals surface area (Å²) in [5.41, 5.74) is 2.45. The molecule has 1 atom stereocenters. The van der Waals surface area contributed by atoms with Gasteiger partial charge in [-0.25, -0.2) is 0 Å². The molecule has 0 aliphatic carbocycles. The van der Waals surface area contributed by atoms with Crippen molar-refractivity contribution in [3.05, 3.63) is 35.4 Å². The molecular formula is C19H32IN3O2. The van der Waals surface area contributed by atoms with Gasteiger partial charge in [-0.3, -0.25) is 4.99 Å². The van der Waals surface area contributed by atoms with Crippen LogP contribution in [0.4, 0.5) is 0 Å². The highest BCUT2D eigenvalue weighted by atomic mass is 127. The van der Waals surface area contributed by atoms with Gasteiger partial charge in [0.1, 0.15) is 0 Å². The van der Waals surface area contributed by atoms with Crippen molar-refractivity contribution < 1.29 is 9.47 Å². The summed E-state index contributed by atoms with van der Waals surface area (Å²) in [7, 11) is 3.62. The van der Waals surface area contributed by atoms with E-state index in [9.17, 15) is 0 Å². The standard InChI is InChI=1S/C19H31N3O2.HI/c1-15(2)24-14-17-7-5-6-16(10-17)11-21-19(20-3)22-9-8-18(12-22)13-23-4;/h5-7,10,15,18H,8-9,11-14H2,1-4H3,(H,20,21);1H. The minimum Gasteiger partial charge on any atom is -0.384 e. The first-order chi connectivity index (χ1) is 11.6. The van der Waals surface area contributed by atoms with E-state index in [1.807, 2.05) is 7.05 Å². The lowest BCUT2D eigenvalue weighted by atomic mass is 10.1. The molecule has 1 N–H and O–H groups in total. The van der Waals surface area contributed by atoms with E-state index in [-0.39, 0.29) is 30.1 Å². The maximum absolute atomic E-state index is 5.68. The summed E-state index contributed by atoms with van der Waals surface area (Å²) in [5.74, 6) is 1.57. The molecule has 0 amide bonds. The molecular weight excluding hydrogens is 429 g/mol. The molecule has 1 saturated heterocycles. The summed E-state index contributed by atoms with van der Waals surface area (Å²) in [5, 5.41) is 3.48. The molecule has 0 spiro atoms. The lowest BCUT2D eigenvalue weighted by Gasteiger charge is -2.22. The summed E-state index contributed by atoms with van der Waals surface area (Å²) < 4.78 is 11.0. The van der Waals surface area contributed by atoms with E-state index in [2.05, 4.69) is 53.3 Å². The van der Waals surface area contributed by atoms with E-state index in [1.54, 1.807) is 7.11 Å². The summed E-state index contributed by atoms with van der Waals surface area (Å²) in [6.07, 6.45) is 1.41. The van der Waals surface area contributed by atoms with Crippen LogP contribution in [0.25, 0.3) is 0 Å². The Hall–Kier alpha value is -0.860. The molecule has 0 radical (unpaired) electrons. The zero-order valence-corrected chi connectivity index (χ0v) is 18.2. The average molecular weight is 461 g/mol. The smallest absolute Gasteiger partial charge is 0.193 e. The van der Waals surface area contributed by atoms with Crippen LogP contribution in [-0.4, -0.2) is 50.8 Å². The Balaban J connectivity index is 0.00000312. The Bertz CT molecular complexity index is 537. The molecule has 2 rings (SSSR count). The number of benzene rings is 1. The lowest BCUT2D eigenvalue weighted by molar-refractivity contribution is 0.0657. The number of ether oxygens (including phenoxy) is 2. The summed E-state index contributed by atoms with van der Waals surface area (Å²) in [6, 6.07) is 8.52. The average Bonchev–Trinajstić information content (AvgIpc) is 3.03. The Morgan fingerprint density at radius 3 is 2.80 bits per heavy atom. The van der Waals surface area contributed by atoms with Gasteiger partial charge in [0.2, 0.25) is 0 Å². The van der Waals surface area contributed by atoms with Gasteiger partial charge >= 0.3 is 0 Å². The number of hydrogen-bond acceptors (Lipinski definition) is 3. The van der Waals surface area contributed by atoms with E-state index >= 15 is 0 Å². The summed E-state index contributed by atoms with van der Waals surface area (Å²) >= 11 is 0. The van der Waals surface area contributed by atoms with Gasteiger partial charge < -0.3 is 19.7 Å². The summed E-state index contributed by atoms with van der Waals surface area (Å²) in [6.45, 7) is 8.42. The maximum Gasteiger partial charge on any atom is 0.193 e. The first-order valence-corrected chi connectivity index (χ1v) is 8.76. The molecule has 1 aromatic carbocycles. The van der Waals surface area contributed by atoms with Gasteiger partial charge in [-0.1, -0.05) is 24.3 Å². The topological polar surface area (TPSA) is 46.1 Å². The van der Waals surface area contributed by atoms with Crippen molar-refractivity contribution in [3.63, 3.8) is 0 Å². The van der Waals surface area contributed by atoms with Crippen molar-refractivity contribution in [2.75, 3.05) is 33.9 Å². The van der Waals surface area contributed by atoms with Crippen LogP contribution in [0, 0.1) is 5.92 Å².